The van der Waals surface area contributed by atoms with Crippen LogP contribution in [0.15, 0.2) is 12.2 Å². The lowest BCUT2D eigenvalue weighted by Gasteiger charge is -2.40. The highest BCUT2D eigenvalue weighted by atomic mass is 16.7. The first-order chi connectivity index (χ1) is 40.3. The summed E-state index contributed by atoms with van der Waals surface area (Å²) in [6, 6.07) is -0.801. The van der Waals surface area contributed by atoms with E-state index in [1.807, 2.05) is 6.08 Å². The standard InChI is InChI=1S/C73H143NO8/c1-3-5-7-9-11-13-15-17-19-21-23-24-25-26-27-28-29-30-31-32-33-34-35-36-37-38-39-40-41-42-43-44-45-47-49-51-53-55-57-59-61-63-69(77)74-66(65-81-73-72(80)71(79)70(78)68(64-75)82-73)67(76)62-60-58-56-54-52-50-48-46-22-20-18-16-14-12-10-8-6-4-2/h60,62,66-68,70-73,75-76,78-80H,3-59,61,63-65H2,1-2H3,(H,74,77)/b62-60+. The maximum atomic E-state index is 13.1. The molecule has 0 bridgehead atoms. The zero-order valence-corrected chi connectivity index (χ0v) is 54.8. The van der Waals surface area contributed by atoms with Crippen LogP contribution in [0.25, 0.3) is 0 Å². The third kappa shape index (κ3) is 51.0. The Kier molecular flexibility index (Phi) is 60.6. The molecule has 7 unspecified atom stereocenters. The zero-order valence-electron chi connectivity index (χ0n) is 54.8. The monoisotopic (exact) mass is 1160 g/mol. The molecule has 0 spiro atoms. The van der Waals surface area contributed by atoms with Crippen molar-refractivity contribution < 1.29 is 39.8 Å². The third-order valence-electron chi connectivity index (χ3n) is 18.1. The first-order valence-corrected chi connectivity index (χ1v) is 36.9. The first kappa shape index (κ1) is 78.9. The van der Waals surface area contributed by atoms with E-state index in [4.69, 9.17) is 9.47 Å². The van der Waals surface area contributed by atoms with E-state index in [0.29, 0.717) is 6.42 Å². The van der Waals surface area contributed by atoms with Crippen molar-refractivity contribution in [2.75, 3.05) is 13.2 Å². The number of carbonyl (C=O) groups is 1. The lowest BCUT2D eigenvalue weighted by atomic mass is 9.99. The Bertz CT molecular complexity index is 1300. The van der Waals surface area contributed by atoms with Crippen LogP contribution in [-0.4, -0.2) is 87.5 Å². The van der Waals surface area contributed by atoms with Crippen molar-refractivity contribution in [2.45, 2.75) is 436 Å². The van der Waals surface area contributed by atoms with Crippen molar-refractivity contribution in [2.24, 2.45) is 0 Å². The number of nitrogens with one attached hydrogen (secondary N) is 1. The molecular formula is C73H143NO8. The largest absolute Gasteiger partial charge is 0.394 e. The van der Waals surface area contributed by atoms with Gasteiger partial charge in [-0.15, -0.1) is 0 Å². The number of carbonyl (C=O) groups excluding carboxylic acids is 1. The predicted octanol–water partition coefficient (Wildman–Crippen LogP) is 20.3. The van der Waals surface area contributed by atoms with E-state index < -0.39 is 49.5 Å². The van der Waals surface area contributed by atoms with Gasteiger partial charge in [0.25, 0.3) is 0 Å². The van der Waals surface area contributed by atoms with Crippen molar-refractivity contribution in [1.82, 2.24) is 5.32 Å². The lowest BCUT2D eigenvalue weighted by Crippen LogP contribution is -2.60. The van der Waals surface area contributed by atoms with Gasteiger partial charge in [-0.2, -0.15) is 0 Å². The number of allylic oxidation sites excluding steroid dienone is 1. The number of hydrogen-bond donors (Lipinski definition) is 6. The van der Waals surface area contributed by atoms with Crippen LogP contribution in [0.2, 0.25) is 0 Å². The fraction of sp³-hybridized carbons (Fsp3) is 0.959. The molecule has 1 heterocycles. The van der Waals surface area contributed by atoms with Gasteiger partial charge in [0.05, 0.1) is 25.4 Å². The van der Waals surface area contributed by atoms with E-state index in [1.165, 1.54) is 334 Å². The van der Waals surface area contributed by atoms with Gasteiger partial charge >= 0.3 is 0 Å². The van der Waals surface area contributed by atoms with Gasteiger partial charge in [0.2, 0.25) is 5.91 Å². The molecule has 0 aromatic heterocycles. The zero-order chi connectivity index (χ0) is 59.3. The number of rotatable bonds is 66. The van der Waals surface area contributed by atoms with Gasteiger partial charge in [-0.3, -0.25) is 4.79 Å². The molecule has 9 heteroatoms. The van der Waals surface area contributed by atoms with Gasteiger partial charge < -0.3 is 40.3 Å². The average Bonchev–Trinajstić information content (AvgIpc) is 3.52. The van der Waals surface area contributed by atoms with E-state index in [9.17, 15) is 30.3 Å². The number of aliphatic hydroxyl groups is 5. The summed E-state index contributed by atoms with van der Waals surface area (Å²) in [7, 11) is 0. The Morgan fingerprint density at radius 2 is 0.671 bits per heavy atom. The normalized spacial score (nSPS) is 18.3. The minimum absolute atomic E-state index is 0.167. The molecule has 6 N–H and O–H groups in total. The first-order valence-electron chi connectivity index (χ1n) is 36.9. The fourth-order valence-corrected chi connectivity index (χ4v) is 12.3. The summed E-state index contributed by atoms with van der Waals surface area (Å²) in [6.07, 6.45) is 75.0. The van der Waals surface area contributed by atoms with Gasteiger partial charge in [-0.25, -0.2) is 0 Å². The van der Waals surface area contributed by atoms with Crippen LogP contribution in [0.4, 0.5) is 0 Å². The molecule has 1 rings (SSSR count). The second kappa shape index (κ2) is 63.0. The number of amides is 1. The van der Waals surface area contributed by atoms with Gasteiger partial charge in [0.15, 0.2) is 6.29 Å². The Morgan fingerprint density at radius 1 is 0.402 bits per heavy atom. The molecule has 0 saturated carbocycles. The van der Waals surface area contributed by atoms with Crippen molar-refractivity contribution in [1.29, 1.82) is 0 Å². The second-order valence-corrected chi connectivity index (χ2v) is 26.1. The molecule has 7 atom stereocenters. The topological polar surface area (TPSA) is 149 Å². The minimum atomic E-state index is -1.56. The average molecular weight is 1160 g/mol. The number of aliphatic hydroxyl groups excluding tert-OH is 5. The Labute approximate surface area is 509 Å². The van der Waals surface area contributed by atoms with Gasteiger partial charge in [0.1, 0.15) is 24.4 Å². The SMILES string of the molecule is CCCCCCCCCCCCCCCCCC/C=C/C(O)C(COC1OC(CO)C(O)C(O)C1O)NC(=O)CCCCCCCCCCCCCCCCCCCCCCCCCCCCCCCCCCCCCCCCCCC. The molecule has 0 aliphatic carbocycles. The molecule has 0 aromatic carbocycles. The Morgan fingerprint density at radius 3 is 0.951 bits per heavy atom. The summed E-state index contributed by atoms with van der Waals surface area (Å²) in [5.41, 5.74) is 0. The molecule has 488 valence electrons. The summed E-state index contributed by atoms with van der Waals surface area (Å²) in [5.74, 6) is -0.167. The number of hydrogen-bond acceptors (Lipinski definition) is 8. The molecule has 1 amide bonds. The lowest BCUT2D eigenvalue weighted by molar-refractivity contribution is -0.302. The maximum absolute atomic E-state index is 13.1. The Balaban J connectivity index is 2.01. The minimum Gasteiger partial charge on any atom is -0.394 e. The molecule has 0 aromatic rings. The summed E-state index contributed by atoms with van der Waals surface area (Å²) in [6.45, 7) is 3.84. The van der Waals surface area contributed by atoms with E-state index >= 15 is 0 Å². The van der Waals surface area contributed by atoms with Crippen molar-refractivity contribution in [3.05, 3.63) is 12.2 Å². The maximum Gasteiger partial charge on any atom is 0.220 e. The molecule has 0 radical (unpaired) electrons. The van der Waals surface area contributed by atoms with E-state index in [-0.39, 0.29) is 12.5 Å². The third-order valence-corrected chi connectivity index (χ3v) is 18.1. The van der Waals surface area contributed by atoms with Crippen molar-refractivity contribution in [3.8, 4) is 0 Å². The molecule has 1 aliphatic rings. The van der Waals surface area contributed by atoms with Crippen LogP contribution in [0.1, 0.15) is 393 Å². The summed E-state index contributed by atoms with van der Waals surface area (Å²) in [5, 5.41) is 54.7. The number of unbranched alkanes of at least 4 members (excludes halogenated alkanes) is 56. The van der Waals surface area contributed by atoms with Crippen LogP contribution >= 0.6 is 0 Å². The highest BCUT2D eigenvalue weighted by Gasteiger charge is 2.44. The second-order valence-electron chi connectivity index (χ2n) is 26.1. The van der Waals surface area contributed by atoms with Crippen molar-refractivity contribution in [3.63, 3.8) is 0 Å². The molecule has 9 nitrogen and oxygen atoms in total. The van der Waals surface area contributed by atoms with E-state index in [2.05, 4.69) is 19.2 Å². The van der Waals surface area contributed by atoms with E-state index in [0.717, 1.165) is 38.5 Å². The van der Waals surface area contributed by atoms with Crippen LogP contribution in [0.3, 0.4) is 0 Å². The van der Waals surface area contributed by atoms with Crippen LogP contribution < -0.4 is 5.32 Å². The molecule has 1 fully saturated rings. The molecule has 82 heavy (non-hydrogen) atoms. The number of ether oxygens (including phenoxy) is 2. The quantitative estimate of drug-likeness (QED) is 0.0261. The van der Waals surface area contributed by atoms with Crippen molar-refractivity contribution >= 4 is 5.91 Å². The highest BCUT2D eigenvalue weighted by Crippen LogP contribution is 2.24. The molecule has 1 saturated heterocycles. The van der Waals surface area contributed by atoms with Crippen LogP contribution in [0.5, 0.6) is 0 Å². The summed E-state index contributed by atoms with van der Waals surface area (Å²) in [4.78, 5) is 13.1. The highest BCUT2D eigenvalue weighted by molar-refractivity contribution is 5.76. The summed E-state index contributed by atoms with van der Waals surface area (Å²) >= 11 is 0. The summed E-state index contributed by atoms with van der Waals surface area (Å²) < 4.78 is 11.3. The molecular weight excluding hydrogens is 1020 g/mol. The molecule has 1 aliphatic heterocycles. The van der Waals surface area contributed by atoms with Gasteiger partial charge in [0, 0.05) is 6.42 Å². The van der Waals surface area contributed by atoms with Gasteiger partial charge in [-0.1, -0.05) is 379 Å². The van der Waals surface area contributed by atoms with Gasteiger partial charge in [-0.05, 0) is 19.3 Å². The van der Waals surface area contributed by atoms with Crippen LogP contribution in [0, 0.1) is 0 Å². The predicted molar refractivity (Wildman–Crippen MR) is 351 cm³/mol. The fourth-order valence-electron chi connectivity index (χ4n) is 12.3. The van der Waals surface area contributed by atoms with E-state index in [1.54, 1.807) is 6.08 Å². The van der Waals surface area contributed by atoms with Crippen LogP contribution in [-0.2, 0) is 14.3 Å². The smallest absolute Gasteiger partial charge is 0.220 e. The Hall–Kier alpha value is -1.07.